The van der Waals surface area contributed by atoms with Crippen LogP contribution in [0.15, 0.2) is 30.6 Å². The zero-order valence-electron chi connectivity index (χ0n) is 28.5. The van der Waals surface area contributed by atoms with E-state index in [1.54, 1.807) is 19.4 Å². The number of nitrogens with one attached hydrogen (secondary N) is 1. The summed E-state index contributed by atoms with van der Waals surface area (Å²) >= 11 is 0. The Morgan fingerprint density at radius 1 is 1.16 bits per heavy atom. The summed E-state index contributed by atoms with van der Waals surface area (Å²) < 4.78 is 31.8. The molecule has 2 atom stereocenters. The number of anilines is 1. The van der Waals surface area contributed by atoms with Gasteiger partial charge in [-0.25, -0.2) is 14.8 Å². The molecule has 4 heterocycles. The number of hydrogen-bond acceptors (Lipinski definition) is 9. The maximum atomic E-state index is 13.3. The lowest BCUT2D eigenvalue weighted by Crippen LogP contribution is -2.44. The third-order valence-corrected chi connectivity index (χ3v) is 12.9. The van der Waals surface area contributed by atoms with E-state index in [-0.39, 0.29) is 17.0 Å². The third-order valence-electron chi connectivity index (χ3n) is 8.29. The Hall–Kier alpha value is -3.32. The van der Waals surface area contributed by atoms with Crippen molar-refractivity contribution in [3.8, 4) is 17.0 Å². The molecule has 0 unspecified atom stereocenters. The van der Waals surface area contributed by atoms with E-state index in [2.05, 4.69) is 44.2 Å². The largest absolute Gasteiger partial charge is 0.491 e. The molecule has 1 fully saturated rings. The summed E-state index contributed by atoms with van der Waals surface area (Å²) in [5.74, 6) is 0.668. The molecule has 1 aliphatic heterocycles. The van der Waals surface area contributed by atoms with Crippen LogP contribution in [0.3, 0.4) is 0 Å². The van der Waals surface area contributed by atoms with E-state index in [4.69, 9.17) is 28.4 Å². The molecule has 0 aliphatic carbocycles. The zero-order valence-corrected chi connectivity index (χ0v) is 29.5. The molecule has 3 aromatic heterocycles. The second-order valence-electron chi connectivity index (χ2n) is 14.2. The summed E-state index contributed by atoms with van der Waals surface area (Å²) in [7, 11) is -0.353. The highest BCUT2D eigenvalue weighted by molar-refractivity contribution is 6.74. The molecule has 1 aliphatic rings. The average molecular weight is 641 g/mol. The summed E-state index contributed by atoms with van der Waals surface area (Å²) in [5, 5.41) is 3.45. The van der Waals surface area contributed by atoms with Crippen molar-refractivity contribution in [2.75, 3.05) is 32.2 Å². The molecule has 0 bridgehead atoms. The fraction of sp³-hybridized carbons (Fsp3) is 0.576. The highest BCUT2D eigenvalue weighted by Crippen LogP contribution is 2.40. The number of methoxy groups -OCH3 is 1. The number of aromatic nitrogens is 3. The lowest BCUT2D eigenvalue weighted by atomic mass is 9.96. The van der Waals surface area contributed by atoms with Crippen molar-refractivity contribution in [3.63, 3.8) is 0 Å². The fourth-order valence-corrected chi connectivity index (χ4v) is 6.37. The molecule has 11 nitrogen and oxygen atoms in total. The van der Waals surface area contributed by atoms with E-state index in [0.717, 1.165) is 0 Å². The van der Waals surface area contributed by atoms with Gasteiger partial charge in [-0.3, -0.25) is 9.36 Å². The van der Waals surface area contributed by atoms with Crippen molar-refractivity contribution >= 4 is 37.0 Å². The van der Waals surface area contributed by atoms with E-state index in [9.17, 15) is 9.59 Å². The van der Waals surface area contributed by atoms with Crippen LogP contribution in [0.2, 0.25) is 18.1 Å². The second-order valence-corrected chi connectivity index (χ2v) is 19.0. The van der Waals surface area contributed by atoms with Crippen molar-refractivity contribution in [2.24, 2.45) is 0 Å². The lowest BCUT2D eigenvalue weighted by Gasteiger charge is -2.38. The Morgan fingerprint density at radius 3 is 2.44 bits per heavy atom. The van der Waals surface area contributed by atoms with E-state index < -0.39 is 25.6 Å². The van der Waals surface area contributed by atoms with Crippen molar-refractivity contribution in [1.82, 2.24) is 14.5 Å². The molecule has 12 heteroatoms. The van der Waals surface area contributed by atoms with Gasteiger partial charge in [0.1, 0.15) is 29.4 Å². The van der Waals surface area contributed by atoms with Gasteiger partial charge in [0.25, 0.3) is 0 Å². The Bertz CT molecular complexity index is 1550. The average Bonchev–Trinajstić information content (AvgIpc) is 3.55. The SMILES string of the molecule is CO[C@@]1(c2cc(OC[C@@H](C)O[Si](C)(C)C(C)(C)C)cc(-c3cn(C(=O)OC(C)(C)C)c4cnc(NC(C)=O)cc34)n2)CCOC1. The number of hydrogen-bond donors (Lipinski definition) is 1. The molecule has 246 valence electrons. The van der Waals surface area contributed by atoms with Gasteiger partial charge in [-0.05, 0) is 51.9 Å². The van der Waals surface area contributed by atoms with Crippen LogP contribution in [0.25, 0.3) is 22.2 Å². The monoisotopic (exact) mass is 640 g/mol. The number of nitrogens with zero attached hydrogens (tertiary/aromatic N) is 3. The quantitative estimate of drug-likeness (QED) is 0.249. The highest BCUT2D eigenvalue weighted by Gasteiger charge is 2.40. The fourth-order valence-electron chi connectivity index (χ4n) is 4.94. The predicted octanol–water partition coefficient (Wildman–Crippen LogP) is 6.89. The minimum atomic E-state index is -2.00. The Morgan fingerprint density at radius 2 is 1.87 bits per heavy atom. The van der Waals surface area contributed by atoms with Gasteiger partial charge in [0.05, 0.1) is 35.8 Å². The molecular formula is C33H48N4O7Si. The van der Waals surface area contributed by atoms with Gasteiger partial charge in [-0.15, -0.1) is 0 Å². The first-order valence-corrected chi connectivity index (χ1v) is 18.2. The maximum absolute atomic E-state index is 13.3. The maximum Gasteiger partial charge on any atom is 0.419 e. The summed E-state index contributed by atoms with van der Waals surface area (Å²) in [6, 6.07) is 5.45. The molecule has 0 aromatic carbocycles. The molecular weight excluding hydrogens is 592 g/mol. The van der Waals surface area contributed by atoms with Crippen molar-refractivity contribution in [1.29, 1.82) is 0 Å². The first-order chi connectivity index (χ1) is 20.8. The molecule has 1 amide bonds. The van der Waals surface area contributed by atoms with Crippen molar-refractivity contribution < 1.29 is 33.0 Å². The van der Waals surface area contributed by atoms with Gasteiger partial charge >= 0.3 is 6.09 Å². The van der Waals surface area contributed by atoms with E-state index in [0.29, 0.717) is 65.7 Å². The van der Waals surface area contributed by atoms with Crippen LogP contribution in [0.4, 0.5) is 10.6 Å². The summed E-state index contributed by atoms with van der Waals surface area (Å²) in [5.41, 5.74) is 0.868. The Labute approximate surface area is 267 Å². The number of fused-ring (bicyclic) bond motifs is 1. The minimum Gasteiger partial charge on any atom is -0.491 e. The van der Waals surface area contributed by atoms with Gasteiger partial charge in [-0.1, -0.05) is 20.8 Å². The van der Waals surface area contributed by atoms with Crippen LogP contribution >= 0.6 is 0 Å². The van der Waals surface area contributed by atoms with Crippen LogP contribution < -0.4 is 10.1 Å². The number of carbonyl (C=O) groups is 2. The van der Waals surface area contributed by atoms with Gasteiger partial charge in [0, 0.05) is 56.3 Å². The molecule has 3 aromatic rings. The van der Waals surface area contributed by atoms with Crippen LogP contribution in [0.5, 0.6) is 5.75 Å². The summed E-state index contributed by atoms with van der Waals surface area (Å²) in [4.78, 5) is 34.6. The topological polar surface area (TPSA) is 123 Å². The highest BCUT2D eigenvalue weighted by atomic mass is 28.4. The molecule has 0 spiro atoms. The number of pyridine rings is 2. The Kier molecular flexibility index (Phi) is 9.84. The predicted molar refractivity (Wildman–Crippen MR) is 176 cm³/mol. The smallest absolute Gasteiger partial charge is 0.419 e. The molecule has 4 rings (SSSR count). The van der Waals surface area contributed by atoms with Crippen molar-refractivity contribution in [3.05, 3.63) is 36.3 Å². The van der Waals surface area contributed by atoms with E-state index in [1.165, 1.54) is 17.7 Å². The number of amides is 1. The van der Waals surface area contributed by atoms with Crippen LogP contribution in [-0.2, 0) is 29.0 Å². The molecule has 45 heavy (non-hydrogen) atoms. The summed E-state index contributed by atoms with van der Waals surface area (Å²) in [6.07, 6.45) is 3.14. The summed E-state index contributed by atoms with van der Waals surface area (Å²) in [6.45, 7) is 21.2. The zero-order chi connectivity index (χ0) is 33.4. The third kappa shape index (κ3) is 7.92. The first-order valence-electron chi connectivity index (χ1n) is 15.3. The van der Waals surface area contributed by atoms with E-state index >= 15 is 0 Å². The van der Waals surface area contributed by atoms with E-state index in [1.807, 2.05) is 39.8 Å². The van der Waals surface area contributed by atoms with Gasteiger partial charge in [-0.2, -0.15) is 0 Å². The van der Waals surface area contributed by atoms with Crippen LogP contribution in [0, 0.1) is 0 Å². The van der Waals surface area contributed by atoms with Gasteiger partial charge in [0.2, 0.25) is 5.91 Å². The normalized spacial score (nSPS) is 18.2. The molecule has 1 N–H and O–H groups in total. The van der Waals surface area contributed by atoms with Crippen LogP contribution in [-0.4, -0.2) is 73.5 Å². The minimum absolute atomic E-state index is 0.0683. The number of ether oxygens (including phenoxy) is 4. The first kappa shape index (κ1) is 34.5. The van der Waals surface area contributed by atoms with Gasteiger partial charge < -0.3 is 28.7 Å². The molecule has 0 radical (unpaired) electrons. The molecule has 1 saturated heterocycles. The molecule has 0 saturated carbocycles. The number of carbonyl (C=O) groups excluding carboxylic acids is 2. The second kappa shape index (κ2) is 12.8. The van der Waals surface area contributed by atoms with Gasteiger partial charge in [0.15, 0.2) is 8.32 Å². The number of rotatable bonds is 9. The standard InChI is InChI=1S/C33H48N4O7Si/c1-21(44-45(10,11)32(6,7)8)19-42-23-14-26(36-28(15-23)33(40-9)12-13-41-20-33)25-18-37(30(39)43-31(3,4)5)27-17-34-29(16-24(25)27)35-22(2)38/h14-18,21H,12-13,19-20H2,1-11H3,(H,34,35,38)/t21-,33+/m1/s1. The van der Waals surface area contributed by atoms with Crippen molar-refractivity contribution in [2.45, 2.75) is 97.2 Å². The van der Waals surface area contributed by atoms with Crippen LogP contribution in [0.1, 0.15) is 67.5 Å². The Balaban J connectivity index is 1.83. The lowest BCUT2D eigenvalue weighted by molar-refractivity contribution is -0.114.